The number of rotatable bonds is 7. The van der Waals surface area contributed by atoms with E-state index in [0.29, 0.717) is 0 Å². The molecule has 0 spiro atoms. The van der Waals surface area contributed by atoms with Gasteiger partial charge in [0.15, 0.2) is 6.10 Å². The lowest BCUT2D eigenvalue weighted by molar-refractivity contribution is -0.165. The van der Waals surface area contributed by atoms with Gasteiger partial charge in [0.05, 0.1) is 0 Å². The summed E-state index contributed by atoms with van der Waals surface area (Å²) in [6.07, 6.45) is -1.81. The molecule has 2 N–H and O–H groups in total. The van der Waals surface area contributed by atoms with E-state index in [0.717, 1.165) is 0 Å². The average molecular weight is 232 g/mol. The van der Waals surface area contributed by atoms with Crippen molar-refractivity contribution in [2.45, 2.75) is 39.2 Å². The number of aliphatic carboxylic acids is 2. The Morgan fingerprint density at radius 1 is 1.19 bits per heavy atom. The second-order valence-corrected chi connectivity index (χ2v) is 3.85. The van der Waals surface area contributed by atoms with Crippen LogP contribution in [0, 0.1) is 5.92 Å². The number of hydrogen-bond donors (Lipinski definition) is 2. The molecule has 0 rings (SSSR count). The summed E-state index contributed by atoms with van der Waals surface area (Å²) in [7, 11) is 0. The fourth-order valence-corrected chi connectivity index (χ4v) is 1.03. The molecule has 6 heteroatoms. The first-order valence-corrected chi connectivity index (χ1v) is 4.97. The molecule has 0 aromatic carbocycles. The van der Waals surface area contributed by atoms with Gasteiger partial charge in [0.1, 0.15) is 0 Å². The van der Waals surface area contributed by atoms with E-state index in [4.69, 9.17) is 10.2 Å². The van der Waals surface area contributed by atoms with Gasteiger partial charge in [-0.15, -0.1) is 0 Å². The number of hydrogen-bond acceptors (Lipinski definition) is 4. The zero-order chi connectivity index (χ0) is 12.7. The van der Waals surface area contributed by atoms with Crippen LogP contribution in [-0.2, 0) is 19.1 Å². The van der Waals surface area contributed by atoms with Crippen LogP contribution in [0.2, 0.25) is 0 Å². The van der Waals surface area contributed by atoms with Crippen molar-refractivity contribution in [3.63, 3.8) is 0 Å². The Kier molecular flexibility index (Phi) is 6.14. The molecule has 1 atom stereocenters. The molecular formula is C10H16O6. The monoisotopic (exact) mass is 232 g/mol. The Bertz CT molecular complexity index is 270. The Morgan fingerprint density at radius 2 is 1.75 bits per heavy atom. The van der Waals surface area contributed by atoms with Gasteiger partial charge in [-0.25, -0.2) is 4.79 Å². The van der Waals surface area contributed by atoms with Crippen LogP contribution in [0.5, 0.6) is 0 Å². The lowest BCUT2D eigenvalue weighted by Crippen LogP contribution is -2.28. The summed E-state index contributed by atoms with van der Waals surface area (Å²) < 4.78 is 4.67. The summed E-state index contributed by atoms with van der Waals surface area (Å²) in [6.45, 7) is 3.60. The minimum atomic E-state index is -1.37. The summed E-state index contributed by atoms with van der Waals surface area (Å²) >= 11 is 0. The summed E-state index contributed by atoms with van der Waals surface area (Å²) in [5.41, 5.74) is 0. The zero-order valence-electron chi connectivity index (χ0n) is 9.30. The fourth-order valence-electron chi connectivity index (χ4n) is 1.03. The van der Waals surface area contributed by atoms with E-state index >= 15 is 0 Å². The van der Waals surface area contributed by atoms with E-state index in [2.05, 4.69) is 4.74 Å². The van der Waals surface area contributed by atoms with E-state index in [1.165, 1.54) is 0 Å². The van der Waals surface area contributed by atoms with Gasteiger partial charge in [-0.2, -0.15) is 0 Å². The average Bonchev–Trinajstić information content (AvgIpc) is 2.09. The molecular weight excluding hydrogens is 216 g/mol. The highest BCUT2D eigenvalue weighted by atomic mass is 16.6. The van der Waals surface area contributed by atoms with E-state index in [1.54, 1.807) is 13.8 Å². The fraction of sp³-hybridized carbons (Fsp3) is 0.700. The molecule has 0 aromatic heterocycles. The predicted octanol–water partition coefficient (Wildman–Crippen LogP) is 0.894. The minimum absolute atomic E-state index is 0.0708. The van der Waals surface area contributed by atoms with E-state index < -0.39 is 24.0 Å². The van der Waals surface area contributed by atoms with Gasteiger partial charge in [-0.05, 0) is 5.92 Å². The van der Waals surface area contributed by atoms with Crippen LogP contribution < -0.4 is 0 Å². The molecule has 0 aliphatic heterocycles. The first-order valence-electron chi connectivity index (χ1n) is 4.97. The summed E-state index contributed by atoms with van der Waals surface area (Å²) in [5, 5.41) is 17.1. The maximum absolute atomic E-state index is 11.2. The molecule has 0 amide bonds. The standard InChI is InChI=1S/C10H16O6/c1-6(2)5-9(13)16-7(10(14)15)3-4-8(11)12/h6-7H,3-5H2,1-2H3,(H,11,12)(H,14,15). The number of carboxylic acids is 2. The summed E-state index contributed by atoms with van der Waals surface area (Å²) in [5.74, 6) is -2.99. The Labute approximate surface area is 93.2 Å². The number of carbonyl (C=O) groups excluding carboxylic acids is 1. The van der Waals surface area contributed by atoms with Crippen molar-refractivity contribution in [3.8, 4) is 0 Å². The first-order chi connectivity index (χ1) is 7.32. The van der Waals surface area contributed by atoms with Gasteiger partial charge in [0.2, 0.25) is 0 Å². The Morgan fingerprint density at radius 3 is 2.12 bits per heavy atom. The van der Waals surface area contributed by atoms with E-state index in [1.807, 2.05) is 0 Å². The molecule has 0 saturated carbocycles. The number of carboxylic acid groups (broad SMARTS) is 2. The number of ether oxygens (including phenoxy) is 1. The van der Waals surface area contributed by atoms with Gasteiger partial charge < -0.3 is 14.9 Å². The lowest BCUT2D eigenvalue weighted by Gasteiger charge is -2.13. The molecule has 6 nitrogen and oxygen atoms in total. The third-order valence-corrected chi connectivity index (χ3v) is 1.74. The molecule has 0 aliphatic rings. The van der Waals surface area contributed by atoms with Crippen LogP contribution in [0.15, 0.2) is 0 Å². The highest BCUT2D eigenvalue weighted by Crippen LogP contribution is 2.08. The Balaban J connectivity index is 4.17. The summed E-state index contributed by atoms with van der Waals surface area (Å²) in [4.78, 5) is 32.1. The molecule has 0 radical (unpaired) electrons. The maximum Gasteiger partial charge on any atom is 0.345 e. The second-order valence-electron chi connectivity index (χ2n) is 3.85. The first kappa shape index (κ1) is 14.4. The van der Waals surface area contributed by atoms with Gasteiger partial charge in [-0.3, -0.25) is 9.59 Å². The van der Waals surface area contributed by atoms with Gasteiger partial charge in [0.25, 0.3) is 0 Å². The van der Waals surface area contributed by atoms with Gasteiger partial charge in [-0.1, -0.05) is 13.8 Å². The molecule has 92 valence electrons. The quantitative estimate of drug-likeness (QED) is 0.632. The van der Waals surface area contributed by atoms with Crippen molar-refractivity contribution in [2.75, 3.05) is 0 Å². The zero-order valence-corrected chi connectivity index (χ0v) is 9.30. The third-order valence-electron chi connectivity index (χ3n) is 1.74. The van der Waals surface area contributed by atoms with Crippen molar-refractivity contribution >= 4 is 17.9 Å². The molecule has 0 heterocycles. The van der Waals surface area contributed by atoms with Crippen LogP contribution >= 0.6 is 0 Å². The second kappa shape index (κ2) is 6.81. The van der Waals surface area contributed by atoms with Crippen LogP contribution in [-0.4, -0.2) is 34.2 Å². The lowest BCUT2D eigenvalue weighted by atomic mass is 10.1. The highest BCUT2D eigenvalue weighted by Gasteiger charge is 2.23. The smallest absolute Gasteiger partial charge is 0.345 e. The van der Waals surface area contributed by atoms with Crippen LogP contribution in [0.4, 0.5) is 0 Å². The SMILES string of the molecule is CC(C)CC(=O)OC(CCC(=O)O)C(=O)O. The van der Waals surface area contributed by atoms with Crippen LogP contribution in [0.25, 0.3) is 0 Å². The molecule has 0 saturated heterocycles. The Hall–Kier alpha value is -1.59. The molecule has 1 unspecified atom stereocenters. The van der Waals surface area contributed by atoms with Crippen molar-refractivity contribution in [1.29, 1.82) is 0 Å². The maximum atomic E-state index is 11.2. The summed E-state index contributed by atoms with van der Waals surface area (Å²) in [6, 6.07) is 0. The van der Waals surface area contributed by atoms with E-state index in [-0.39, 0.29) is 25.2 Å². The topological polar surface area (TPSA) is 101 Å². The van der Waals surface area contributed by atoms with Crippen molar-refractivity contribution in [3.05, 3.63) is 0 Å². The largest absolute Gasteiger partial charge is 0.481 e. The molecule has 0 fully saturated rings. The van der Waals surface area contributed by atoms with Crippen molar-refractivity contribution in [2.24, 2.45) is 5.92 Å². The van der Waals surface area contributed by atoms with E-state index in [9.17, 15) is 14.4 Å². The normalized spacial score (nSPS) is 12.2. The molecule has 0 aromatic rings. The van der Waals surface area contributed by atoms with Crippen LogP contribution in [0.3, 0.4) is 0 Å². The molecule has 0 aliphatic carbocycles. The highest BCUT2D eigenvalue weighted by molar-refractivity contribution is 5.78. The van der Waals surface area contributed by atoms with Gasteiger partial charge in [0, 0.05) is 19.3 Å². The van der Waals surface area contributed by atoms with Crippen molar-refractivity contribution in [1.82, 2.24) is 0 Å². The predicted molar refractivity (Wildman–Crippen MR) is 53.8 cm³/mol. The molecule has 16 heavy (non-hydrogen) atoms. The number of esters is 1. The molecule has 0 bridgehead atoms. The minimum Gasteiger partial charge on any atom is -0.481 e. The van der Waals surface area contributed by atoms with Crippen molar-refractivity contribution < 1.29 is 29.3 Å². The number of carbonyl (C=O) groups is 3. The van der Waals surface area contributed by atoms with Crippen LogP contribution in [0.1, 0.15) is 33.1 Å². The van der Waals surface area contributed by atoms with Gasteiger partial charge >= 0.3 is 17.9 Å². The third kappa shape index (κ3) is 6.80.